The largest absolute Gasteiger partial charge is 0.295 e. The fourth-order valence-electron chi connectivity index (χ4n) is 2.34. The van der Waals surface area contributed by atoms with Gasteiger partial charge in [0.15, 0.2) is 5.65 Å². The van der Waals surface area contributed by atoms with E-state index < -0.39 is 0 Å². The van der Waals surface area contributed by atoms with E-state index >= 15 is 0 Å². The third-order valence-electron chi connectivity index (χ3n) is 3.31. The zero-order valence-corrected chi connectivity index (χ0v) is 13.1. The average molecular weight is 329 g/mol. The van der Waals surface area contributed by atoms with Crippen LogP contribution in [0.2, 0.25) is 5.02 Å². The van der Waals surface area contributed by atoms with Crippen molar-refractivity contribution >= 4 is 17.2 Å². The SMILES string of the molecule is CN(Cc1cc(Cl)ccn1)Cc1cc(=O)n2[nH]cc(C#N)c2n1. The Kier molecular flexibility index (Phi) is 4.10. The van der Waals surface area contributed by atoms with Crippen molar-refractivity contribution in [1.29, 1.82) is 5.26 Å². The average Bonchev–Trinajstić information content (AvgIpc) is 2.90. The molecule has 0 fully saturated rings. The monoisotopic (exact) mass is 328 g/mol. The van der Waals surface area contributed by atoms with E-state index in [9.17, 15) is 4.79 Å². The lowest BCUT2D eigenvalue weighted by Gasteiger charge is -2.15. The second-order valence-corrected chi connectivity index (χ2v) is 5.62. The van der Waals surface area contributed by atoms with Gasteiger partial charge in [0.2, 0.25) is 0 Å². The van der Waals surface area contributed by atoms with Gasteiger partial charge in [0.25, 0.3) is 5.56 Å². The lowest BCUT2D eigenvalue weighted by Crippen LogP contribution is -2.22. The van der Waals surface area contributed by atoms with Crippen molar-refractivity contribution in [2.45, 2.75) is 13.1 Å². The van der Waals surface area contributed by atoms with Crippen LogP contribution in [0, 0.1) is 11.3 Å². The van der Waals surface area contributed by atoms with Crippen molar-refractivity contribution in [3.63, 3.8) is 0 Å². The second kappa shape index (κ2) is 6.20. The molecule has 8 heteroatoms. The fraction of sp³-hybridized carbons (Fsp3) is 0.200. The van der Waals surface area contributed by atoms with Crippen LogP contribution in [0.4, 0.5) is 0 Å². The summed E-state index contributed by atoms with van der Waals surface area (Å²) in [6.45, 7) is 1.02. The standard InChI is InChI=1S/C15H13ClN6O/c1-21(8-12-4-11(16)2-3-18-12)9-13-5-14(23)22-15(20-13)10(6-17)7-19-22/h2-5,7,19H,8-9H2,1H3. The third-order valence-corrected chi connectivity index (χ3v) is 3.55. The minimum atomic E-state index is -0.249. The number of rotatable bonds is 4. The van der Waals surface area contributed by atoms with Gasteiger partial charge in [0.1, 0.15) is 11.6 Å². The number of hydrogen-bond acceptors (Lipinski definition) is 5. The Morgan fingerprint density at radius 1 is 1.39 bits per heavy atom. The molecule has 0 aliphatic carbocycles. The van der Waals surface area contributed by atoms with Crippen LogP contribution in [-0.4, -0.2) is 31.5 Å². The van der Waals surface area contributed by atoms with Gasteiger partial charge in [0.05, 0.1) is 11.4 Å². The third kappa shape index (κ3) is 3.23. The molecule has 0 aliphatic rings. The van der Waals surface area contributed by atoms with Crippen molar-refractivity contribution in [3.05, 3.63) is 62.9 Å². The van der Waals surface area contributed by atoms with E-state index in [1.54, 1.807) is 18.3 Å². The quantitative estimate of drug-likeness (QED) is 0.785. The number of nitriles is 1. The highest BCUT2D eigenvalue weighted by molar-refractivity contribution is 6.30. The Balaban J connectivity index is 1.83. The predicted molar refractivity (Wildman–Crippen MR) is 84.9 cm³/mol. The molecule has 3 heterocycles. The van der Waals surface area contributed by atoms with Crippen molar-refractivity contribution in [2.24, 2.45) is 0 Å². The molecule has 23 heavy (non-hydrogen) atoms. The zero-order chi connectivity index (χ0) is 16.4. The minimum absolute atomic E-state index is 0.249. The first-order chi connectivity index (χ1) is 11.1. The number of nitrogens with one attached hydrogen (secondary N) is 1. The first-order valence-electron chi connectivity index (χ1n) is 6.86. The molecule has 0 aliphatic heterocycles. The van der Waals surface area contributed by atoms with Gasteiger partial charge < -0.3 is 0 Å². The summed E-state index contributed by atoms with van der Waals surface area (Å²) in [6, 6.07) is 6.98. The first kappa shape index (κ1) is 15.2. The van der Waals surface area contributed by atoms with Gasteiger partial charge in [-0.3, -0.25) is 19.8 Å². The molecule has 0 radical (unpaired) electrons. The van der Waals surface area contributed by atoms with Crippen LogP contribution >= 0.6 is 11.6 Å². The van der Waals surface area contributed by atoms with Crippen LogP contribution in [0.3, 0.4) is 0 Å². The van der Waals surface area contributed by atoms with Gasteiger partial charge in [0, 0.05) is 36.6 Å². The second-order valence-electron chi connectivity index (χ2n) is 5.18. The van der Waals surface area contributed by atoms with Crippen molar-refractivity contribution < 1.29 is 0 Å². The smallest absolute Gasteiger partial charge is 0.272 e. The minimum Gasteiger partial charge on any atom is -0.295 e. The molecule has 0 bridgehead atoms. The Hall–Kier alpha value is -2.69. The maximum Gasteiger partial charge on any atom is 0.272 e. The summed E-state index contributed by atoms with van der Waals surface area (Å²) in [5.41, 5.74) is 1.85. The highest BCUT2D eigenvalue weighted by Crippen LogP contribution is 2.11. The van der Waals surface area contributed by atoms with Gasteiger partial charge in [-0.15, -0.1) is 0 Å². The van der Waals surface area contributed by atoms with E-state index in [0.29, 0.717) is 35.0 Å². The number of aromatic nitrogens is 4. The van der Waals surface area contributed by atoms with Gasteiger partial charge in [-0.2, -0.15) is 5.26 Å². The summed E-state index contributed by atoms with van der Waals surface area (Å²) >= 11 is 5.95. The Morgan fingerprint density at radius 2 is 2.17 bits per heavy atom. The van der Waals surface area contributed by atoms with Gasteiger partial charge >= 0.3 is 0 Å². The van der Waals surface area contributed by atoms with E-state index in [1.807, 2.05) is 18.0 Å². The molecule has 0 unspecified atom stereocenters. The van der Waals surface area contributed by atoms with E-state index in [1.165, 1.54) is 16.8 Å². The molecule has 0 amide bonds. The topological polar surface area (TPSA) is 90.1 Å². The van der Waals surface area contributed by atoms with Gasteiger partial charge in [-0.05, 0) is 19.2 Å². The predicted octanol–water partition coefficient (Wildman–Crippen LogP) is 1.57. The number of fused-ring (bicyclic) bond motifs is 1. The van der Waals surface area contributed by atoms with E-state index in [0.717, 1.165) is 5.69 Å². The van der Waals surface area contributed by atoms with E-state index in [4.69, 9.17) is 16.9 Å². The zero-order valence-electron chi connectivity index (χ0n) is 12.3. The summed E-state index contributed by atoms with van der Waals surface area (Å²) < 4.78 is 1.25. The molecule has 3 aromatic heterocycles. The van der Waals surface area contributed by atoms with Crippen LogP contribution in [0.1, 0.15) is 17.0 Å². The van der Waals surface area contributed by atoms with E-state index in [2.05, 4.69) is 15.1 Å². The number of nitrogens with zero attached hydrogens (tertiary/aromatic N) is 5. The van der Waals surface area contributed by atoms with Crippen molar-refractivity contribution in [1.82, 2.24) is 24.5 Å². The van der Waals surface area contributed by atoms with Gasteiger partial charge in [-0.1, -0.05) is 11.6 Å². The molecule has 7 nitrogen and oxygen atoms in total. The molecule has 3 rings (SSSR count). The first-order valence-corrected chi connectivity index (χ1v) is 7.24. The molecular weight excluding hydrogens is 316 g/mol. The number of H-pyrrole nitrogens is 1. The van der Waals surface area contributed by atoms with E-state index in [-0.39, 0.29) is 5.56 Å². The lowest BCUT2D eigenvalue weighted by atomic mass is 10.3. The molecule has 0 saturated heterocycles. The summed E-state index contributed by atoms with van der Waals surface area (Å²) in [5, 5.41) is 12.4. The maximum absolute atomic E-state index is 12.0. The number of pyridine rings is 1. The summed E-state index contributed by atoms with van der Waals surface area (Å²) in [5.74, 6) is 0. The molecule has 3 aromatic rings. The summed E-state index contributed by atoms with van der Waals surface area (Å²) in [4.78, 5) is 22.6. The van der Waals surface area contributed by atoms with Crippen LogP contribution in [-0.2, 0) is 13.1 Å². The van der Waals surface area contributed by atoms with Crippen LogP contribution < -0.4 is 5.56 Å². The van der Waals surface area contributed by atoms with Crippen LogP contribution in [0.5, 0.6) is 0 Å². The molecule has 116 valence electrons. The molecule has 0 spiro atoms. The summed E-state index contributed by atoms with van der Waals surface area (Å²) in [6.07, 6.45) is 3.12. The lowest BCUT2D eigenvalue weighted by molar-refractivity contribution is 0.311. The molecule has 0 saturated carbocycles. The number of halogens is 1. The molecular formula is C15H13ClN6O. The normalized spacial score (nSPS) is 11.0. The number of hydrogen-bond donors (Lipinski definition) is 1. The molecule has 0 aromatic carbocycles. The highest BCUT2D eigenvalue weighted by Gasteiger charge is 2.10. The molecule has 0 atom stereocenters. The van der Waals surface area contributed by atoms with Crippen LogP contribution in [0.15, 0.2) is 35.4 Å². The Bertz CT molecular complexity index is 954. The van der Waals surface area contributed by atoms with Crippen molar-refractivity contribution in [3.8, 4) is 6.07 Å². The van der Waals surface area contributed by atoms with Gasteiger partial charge in [-0.25, -0.2) is 9.50 Å². The number of aromatic amines is 1. The fourth-order valence-corrected chi connectivity index (χ4v) is 2.52. The van der Waals surface area contributed by atoms with Crippen molar-refractivity contribution in [2.75, 3.05) is 7.05 Å². The molecule has 1 N–H and O–H groups in total. The Morgan fingerprint density at radius 3 is 2.91 bits per heavy atom. The Labute approximate surface area is 136 Å². The highest BCUT2D eigenvalue weighted by atomic mass is 35.5. The summed E-state index contributed by atoms with van der Waals surface area (Å²) in [7, 11) is 1.90. The van der Waals surface area contributed by atoms with Crippen LogP contribution in [0.25, 0.3) is 5.65 Å². The maximum atomic E-state index is 12.0.